The van der Waals surface area contributed by atoms with Gasteiger partial charge in [0.25, 0.3) is 0 Å². The molecule has 1 saturated carbocycles. The van der Waals surface area contributed by atoms with Gasteiger partial charge in [0.05, 0.1) is 11.9 Å². The third-order valence-corrected chi connectivity index (χ3v) is 3.21. The van der Waals surface area contributed by atoms with E-state index in [0.29, 0.717) is 16.3 Å². The van der Waals surface area contributed by atoms with Crippen molar-refractivity contribution in [1.29, 1.82) is 0 Å². The van der Waals surface area contributed by atoms with Gasteiger partial charge in [0.1, 0.15) is 10.3 Å². The summed E-state index contributed by atoms with van der Waals surface area (Å²) in [7, 11) is 0. The lowest BCUT2D eigenvalue weighted by Crippen LogP contribution is -2.20. The van der Waals surface area contributed by atoms with E-state index in [1.54, 1.807) is 6.07 Å². The first kappa shape index (κ1) is 11.5. The highest BCUT2D eigenvalue weighted by molar-refractivity contribution is 9.10. The lowest BCUT2D eigenvalue weighted by Gasteiger charge is -2.14. The van der Waals surface area contributed by atoms with Crippen LogP contribution < -0.4 is 11.1 Å². The monoisotopic (exact) mass is 284 g/mol. The second-order valence-electron chi connectivity index (χ2n) is 4.03. The number of nitrogens with zero attached hydrogens (tertiary/aromatic N) is 2. The van der Waals surface area contributed by atoms with Crippen molar-refractivity contribution in [3.8, 4) is 0 Å². The van der Waals surface area contributed by atoms with Crippen LogP contribution in [0, 0.1) is 4.91 Å². The molecule has 2 unspecified atom stereocenters. The molecule has 2 rings (SSSR count). The highest BCUT2D eigenvalue weighted by Crippen LogP contribution is 2.30. The second-order valence-corrected chi connectivity index (χ2v) is 4.84. The number of hydrogen-bond acceptors (Lipinski definition) is 5. The zero-order valence-electron chi connectivity index (χ0n) is 8.69. The molecule has 0 aromatic carbocycles. The summed E-state index contributed by atoms with van der Waals surface area (Å²) in [5.74, 6) is 0. The molecule has 0 spiro atoms. The number of nitrogens with two attached hydrogens (primary N) is 1. The molecular formula is C10H13BrN4O. The van der Waals surface area contributed by atoms with Crippen LogP contribution in [0.2, 0.25) is 0 Å². The van der Waals surface area contributed by atoms with Gasteiger partial charge in [0.2, 0.25) is 0 Å². The van der Waals surface area contributed by atoms with Crippen LogP contribution in [-0.4, -0.2) is 17.1 Å². The molecule has 0 bridgehead atoms. The lowest BCUT2D eigenvalue weighted by molar-refractivity contribution is 0.688. The maximum absolute atomic E-state index is 10.6. The van der Waals surface area contributed by atoms with Crippen LogP contribution in [0.15, 0.2) is 22.0 Å². The highest BCUT2D eigenvalue weighted by Gasteiger charge is 2.22. The van der Waals surface area contributed by atoms with E-state index < -0.39 is 0 Å². The molecule has 1 aliphatic rings. The molecule has 16 heavy (non-hydrogen) atoms. The standard InChI is InChI=1S/C10H13BrN4O/c11-10-4-8(9(15-16)5-13-10)14-7-2-1-6(12)3-7/h4-7H,1-3,12H2,(H,13,14). The van der Waals surface area contributed by atoms with E-state index in [-0.39, 0.29) is 6.04 Å². The fourth-order valence-electron chi connectivity index (χ4n) is 1.98. The van der Waals surface area contributed by atoms with Gasteiger partial charge in [0, 0.05) is 12.1 Å². The van der Waals surface area contributed by atoms with Gasteiger partial charge in [-0.2, -0.15) is 0 Å². The Hall–Kier alpha value is -1.01. The van der Waals surface area contributed by atoms with E-state index in [9.17, 15) is 4.91 Å². The average Bonchev–Trinajstić information content (AvgIpc) is 2.64. The molecule has 86 valence electrons. The highest BCUT2D eigenvalue weighted by atomic mass is 79.9. The third-order valence-electron chi connectivity index (χ3n) is 2.78. The molecule has 1 aromatic heterocycles. The number of aromatic nitrogens is 1. The maximum atomic E-state index is 10.6. The summed E-state index contributed by atoms with van der Waals surface area (Å²) in [6.07, 6.45) is 4.43. The number of rotatable bonds is 3. The van der Waals surface area contributed by atoms with Crippen molar-refractivity contribution >= 4 is 27.3 Å². The summed E-state index contributed by atoms with van der Waals surface area (Å²) in [6.45, 7) is 0. The molecular weight excluding hydrogens is 272 g/mol. The first-order chi connectivity index (χ1) is 7.69. The van der Waals surface area contributed by atoms with Gasteiger partial charge in [0.15, 0.2) is 0 Å². The van der Waals surface area contributed by atoms with Crippen LogP contribution in [0.25, 0.3) is 0 Å². The zero-order chi connectivity index (χ0) is 11.5. The van der Waals surface area contributed by atoms with Gasteiger partial charge in [-0.25, -0.2) is 4.98 Å². The van der Waals surface area contributed by atoms with Crippen molar-refractivity contribution in [3.05, 3.63) is 21.8 Å². The summed E-state index contributed by atoms with van der Waals surface area (Å²) >= 11 is 3.27. The van der Waals surface area contributed by atoms with E-state index in [2.05, 4.69) is 31.4 Å². The SMILES string of the molecule is NC1CCC(Nc2cc(Br)ncc2N=O)C1. The van der Waals surface area contributed by atoms with Crippen molar-refractivity contribution in [2.24, 2.45) is 10.9 Å². The third kappa shape index (κ3) is 2.56. The van der Waals surface area contributed by atoms with E-state index >= 15 is 0 Å². The van der Waals surface area contributed by atoms with Crippen LogP contribution in [-0.2, 0) is 0 Å². The minimum Gasteiger partial charge on any atom is -0.380 e. The van der Waals surface area contributed by atoms with Crippen LogP contribution in [0.4, 0.5) is 11.4 Å². The Bertz CT molecular complexity index is 398. The van der Waals surface area contributed by atoms with Gasteiger partial charge < -0.3 is 11.1 Å². The fraction of sp³-hybridized carbons (Fsp3) is 0.500. The largest absolute Gasteiger partial charge is 0.380 e. The Labute approximate surface area is 102 Å². The van der Waals surface area contributed by atoms with Gasteiger partial charge in [-0.15, -0.1) is 4.91 Å². The number of pyridine rings is 1. The van der Waals surface area contributed by atoms with E-state index in [1.807, 2.05) is 0 Å². The smallest absolute Gasteiger partial charge is 0.149 e. The van der Waals surface area contributed by atoms with Crippen LogP contribution >= 0.6 is 15.9 Å². The Morgan fingerprint density at radius 2 is 2.38 bits per heavy atom. The number of nitrogens with one attached hydrogen (secondary N) is 1. The lowest BCUT2D eigenvalue weighted by atomic mass is 10.2. The summed E-state index contributed by atoms with van der Waals surface area (Å²) in [4.78, 5) is 14.6. The predicted octanol–water partition coefficient (Wildman–Crippen LogP) is 2.53. The number of halogens is 1. The molecule has 1 aromatic rings. The summed E-state index contributed by atoms with van der Waals surface area (Å²) in [6, 6.07) is 2.35. The summed E-state index contributed by atoms with van der Waals surface area (Å²) in [5.41, 5.74) is 6.89. The van der Waals surface area contributed by atoms with Crippen molar-refractivity contribution in [2.75, 3.05) is 5.32 Å². The Balaban J connectivity index is 2.13. The topological polar surface area (TPSA) is 80.4 Å². The molecule has 0 saturated heterocycles. The normalized spacial score (nSPS) is 24.4. The molecule has 1 fully saturated rings. The van der Waals surface area contributed by atoms with Gasteiger partial charge in [-0.3, -0.25) is 0 Å². The molecule has 5 nitrogen and oxygen atoms in total. The minimum atomic E-state index is 0.260. The summed E-state index contributed by atoms with van der Waals surface area (Å²) in [5, 5.41) is 6.23. The van der Waals surface area contributed by atoms with Crippen molar-refractivity contribution in [2.45, 2.75) is 31.3 Å². The number of anilines is 1. The molecule has 6 heteroatoms. The van der Waals surface area contributed by atoms with E-state index in [4.69, 9.17) is 5.73 Å². The van der Waals surface area contributed by atoms with Crippen LogP contribution in [0.3, 0.4) is 0 Å². The molecule has 1 aliphatic carbocycles. The molecule has 3 N–H and O–H groups in total. The molecule has 0 radical (unpaired) electrons. The molecule has 1 heterocycles. The first-order valence-corrected chi connectivity index (χ1v) is 5.99. The predicted molar refractivity (Wildman–Crippen MR) is 66.6 cm³/mol. The van der Waals surface area contributed by atoms with Crippen LogP contribution in [0.5, 0.6) is 0 Å². The number of nitroso groups, excluding NO2 is 1. The van der Waals surface area contributed by atoms with Gasteiger partial charge >= 0.3 is 0 Å². The first-order valence-electron chi connectivity index (χ1n) is 5.20. The van der Waals surface area contributed by atoms with Crippen molar-refractivity contribution in [3.63, 3.8) is 0 Å². The van der Waals surface area contributed by atoms with E-state index in [1.165, 1.54) is 6.20 Å². The van der Waals surface area contributed by atoms with Crippen molar-refractivity contribution < 1.29 is 0 Å². The molecule has 2 atom stereocenters. The fourth-order valence-corrected chi connectivity index (χ4v) is 2.31. The van der Waals surface area contributed by atoms with Gasteiger partial charge in [-0.1, -0.05) is 0 Å². The van der Waals surface area contributed by atoms with Gasteiger partial charge in [-0.05, 0) is 46.4 Å². The minimum absolute atomic E-state index is 0.260. The molecule has 0 aliphatic heterocycles. The van der Waals surface area contributed by atoms with E-state index in [0.717, 1.165) is 24.9 Å². The Morgan fingerprint density at radius 1 is 1.56 bits per heavy atom. The summed E-state index contributed by atoms with van der Waals surface area (Å²) < 4.78 is 0.685. The second kappa shape index (κ2) is 4.88. The quantitative estimate of drug-likeness (QED) is 0.660. The van der Waals surface area contributed by atoms with Crippen LogP contribution in [0.1, 0.15) is 19.3 Å². The zero-order valence-corrected chi connectivity index (χ0v) is 10.3. The maximum Gasteiger partial charge on any atom is 0.149 e. The Kier molecular flexibility index (Phi) is 3.50. The van der Waals surface area contributed by atoms with Crippen molar-refractivity contribution in [1.82, 2.24) is 4.98 Å². The Morgan fingerprint density at radius 3 is 3.00 bits per heavy atom. The number of hydrogen-bond donors (Lipinski definition) is 2. The molecule has 0 amide bonds. The average molecular weight is 285 g/mol.